The quantitative estimate of drug-likeness (QED) is 0.404. The number of rotatable bonds is 7. The zero-order valence-electron chi connectivity index (χ0n) is 15.8. The highest BCUT2D eigenvalue weighted by molar-refractivity contribution is 8.00. The van der Waals surface area contributed by atoms with Gasteiger partial charge in [0.2, 0.25) is 0 Å². The van der Waals surface area contributed by atoms with E-state index < -0.39 is 17.9 Å². The number of carbonyl (C=O) groups is 3. The predicted octanol–water partition coefficient (Wildman–Crippen LogP) is 1.37. The van der Waals surface area contributed by atoms with Gasteiger partial charge in [0.05, 0.1) is 0 Å². The van der Waals surface area contributed by atoms with E-state index in [4.69, 9.17) is 4.74 Å². The molecule has 2 aliphatic heterocycles. The number of hydrogen-bond acceptors (Lipinski definition) is 6. The molecule has 9 heteroatoms. The third-order valence-electron chi connectivity index (χ3n) is 4.46. The Morgan fingerprint density at radius 2 is 2.07 bits per heavy atom. The molecule has 1 aromatic rings. The summed E-state index contributed by atoms with van der Waals surface area (Å²) in [5.41, 5.74) is 0.933. The molecule has 0 saturated carbocycles. The summed E-state index contributed by atoms with van der Waals surface area (Å²) in [6.45, 7) is 3.59. The van der Waals surface area contributed by atoms with Crippen molar-refractivity contribution in [2.75, 3.05) is 18.9 Å². The molecule has 0 spiro atoms. The van der Waals surface area contributed by atoms with Gasteiger partial charge in [-0.3, -0.25) is 24.5 Å². The van der Waals surface area contributed by atoms with Crippen LogP contribution in [-0.2, 0) is 14.4 Å². The van der Waals surface area contributed by atoms with Crippen LogP contribution in [0.2, 0.25) is 0 Å². The Morgan fingerprint density at radius 3 is 2.75 bits per heavy atom. The number of amides is 3. The van der Waals surface area contributed by atoms with Crippen LogP contribution in [0.3, 0.4) is 0 Å². The van der Waals surface area contributed by atoms with Gasteiger partial charge < -0.3 is 10.1 Å². The van der Waals surface area contributed by atoms with Crippen LogP contribution in [0, 0.1) is 0 Å². The number of hydrogen-bond donors (Lipinski definition) is 2. The normalized spacial score (nSPS) is 21.0. The van der Waals surface area contributed by atoms with Crippen LogP contribution in [-0.4, -0.2) is 63.2 Å². The number of nitrogens with zero attached hydrogens (tertiary/aromatic N) is 2. The molecule has 0 aliphatic carbocycles. The molecular formula is C19H23N3O5S. The zero-order chi connectivity index (χ0) is 20.3. The first kappa shape index (κ1) is 20.2. The fraction of sp³-hybridized carbons (Fsp3) is 0.421. The van der Waals surface area contributed by atoms with Gasteiger partial charge in [-0.2, -0.15) is 0 Å². The molecule has 1 aromatic carbocycles. The second-order valence-corrected chi connectivity index (χ2v) is 7.72. The first-order valence-corrected chi connectivity index (χ1v) is 10.1. The van der Waals surface area contributed by atoms with Gasteiger partial charge >= 0.3 is 0 Å². The standard InChI is InChI=1S/C19H23N3O5S/c1-3-9-21(26)18(25)16-12(2)11-28-19-15(17(24)22(16)19)20-14(23)10-27-13-7-5-4-6-8-13/h4-8,15,19,26H,3,9-11H2,1-2H3,(H,20,23)/t15-,19-/m1/s1. The summed E-state index contributed by atoms with van der Waals surface area (Å²) < 4.78 is 5.40. The summed E-state index contributed by atoms with van der Waals surface area (Å²) in [5, 5.41) is 12.9. The molecule has 0 unspecified atom stereocenters. The maximum atomic E-state index is 12.6. The van der Waals surface area contributed by atoms with E-state index in [0.717, 1.165) is 5.57 Å². The summed E-state index contributed by atoms with van der Waals surface area (Å²) in [4.78, 5) is 38.7. The van der Waals surface area contributed by atoms with Crippen LogP contribution < -0.4 is 10.1 Å². The highest BCUT2D eigenvalue weighted by Crippen LogP contribution is 2.40. The van der Waals surface area contributed by atoms with Crippen LogP contribution in [0.25, 0.3) is 0 Å². The van der Waals surface area contributed by atoms with E-state index in [0.29, 0.717) is 23.0 Å². The Morgan fingerprint density at radius 1 is 1.36 bits per heavy atom. The fourth-order valence-electron chi connectivity index (χ4n) is 3.09. The number of thioether (sulfide) groups is 1. The number of fused-ring (bicyclic) bond motifs is 1. The van der Waals surface area contributed by atoms with Gasteiger partial charge in [0.1, 0.15) is 22.9 Å². The van der Waals surface area contributed by atoms with Gasteiger partial charge in [0.15, 0.2) is 6.61 Å². The maximum absolute atomic E-state index is 12.6. The largest absolute Gasteiger partial charge is 0.484 e. The molecule has 28 heavy (non-hydrogen) atoms. The topological polar surface area (TPSA) is 99.2 Å². The summed E-state index contributed by atoms with van der Waals surface area (Å²) in [5.74, 6) is -0.247. The second-order valence-electron chi connectivity index (χ2n) is 6.61. The highest BCUT2D eigenvalue weighted by Gasteiger charge is 2.54. The number of hydroxylamine groups is 2. The number of benzene rings is 1. The van der Waals surface area contributed by atoms with E-state index in [1.54, 1.807) is 31.2 Å². The van der Waals surface area contributed by atoms with Crippen molar-refractivity contribution in [3.63, 3.8) is 0 Å². The third-order valence-corrected chi connectivity index (χ3v) is 5.89. The van der Waals surface area contributed by atoms with Crippen LogP contribution in [0.4, 0.5) is 0 Å². The molecule has 2 N–H and O–H groups in total. The Kier molecular flexibility index (Phi) is 6.25. The monoisotopic (exact) mass is 405 g/mol. The minimum Gasteiger partial charge on any atom is -0.484 e. The van der Waals surface area contributed by atoms with Gasteiger partial charge in [-0.05, 0) is 31.1 Å². The summed E-state index contributed by atoms with van der Waals surface area (Å²) in [6.07, 6.45) is 0.598. The lowest BCUT2D eigenvalue weighted by Crippen LogP contribution is -2.71. The van der Waals surface area contributed by atoms with Crippen molar-refractivity contribution in [2.24, 2.45) is 0 Å². The highest BCUT2D eigenvalue weighted by atomic mass is 32.2. The molecule has 0 bridgehead atoms. The van der Waals surface area contributed by atoms with Gasteiger partial charge in [-0.15, -0.1) is 11.8 Å². The van der Waals surface area contributed by atoms with Crippen LogP contribution >= 0.6 is 11.8 Å². The van der Waals surface area contributed by atoms with Gasteiger partial charge in [0.25, 0.3) is 17.7 Å². The molecule has 1 saturated heterocycles. The minimum absolute atomic E-state index is 0.187. The van der Waals surface area contributed by atoms with Crippen molar-refractivity contribution >= 4 is 29.5 Å². The van der Waals surface area contributed by atoms with E-state index in [2.05, 4.69) is 5.32 Å². The lowest BCUT2D eigenvalue weighted by atomic mass is 10.0. The van der Waals surface area contributed by atoms with Crippen molar-refractivity contribution in [2.45, 2.75) is 31.7 Å². The van der Waals surface area contributed by atoms with Crippen LogP contribution in [0.15, 0.2) is 41.6 Å². The summed E-state index contributed by atoms with van der Waals surface area (Å²) in [6, 6.07) is 8.21. The molecule has 1 fully saturated rings. The molecule has 2 heterocycles. The maximum Gasteiger partial charge on any atom is 0.293 e. The van der Waals surface area contributed by atoms with Crippen molar-refractivity contribution in [3.05, 3.63) is 41.6 Å². The SMILES string of the molecule is CCCN(O)C(=O)C1=C(C)CS[C@@H]2[C@H](NC(=O)COc3ccccc3)C(=O)N12. The average molecular weight is 405 g/mol. The first-order chi connectivity index (χ1) is 13.4. The van der Waals surface area contributed by atoms with E-state index in [9.17, 15) is 19.6 Å². The Labute approximate surface area is 167 Å². The van der Waals surface area contributed by atoms with Gasteiger partial charge in [-0.1, -0.05) is 25.1 Å². The molecule has 150 valence electrons. The zero-order valence-corrected chi connectivity index (χ0v) is 16.6. The number of para-hydroxylation sites is 1. The van der Waals surface area contributed by atoms with Crippen molar-refractivity contribution in [3.8, 4) is 5.75 Å². The summed E-state index contributed by atoms with van der Waals surface area (Å²) >= 11 is 1.47. The number of ether oxygens (including phenoxy) is 1. The minimum atomic E-state index is -0.717. The molecule has 0 radical (unpaired) electrons. The van der Waals surface area contributed by atoms with Crippen molar-refractivity contribution in [1.29, 1.82) is 0 Å². The summed E-state index contributed by atoms with van der Waals surface area (Å²) in [7, 11) is 0. The smallest absolute Gasteiger partial charge is 0.293 e. The van der Waals surface area contributed by atoms with E-state index in [1.165, 1.54) is 16.7 Å². The number of β-lactam (4-membered cyclic amide) rings is 1. The van der Waals surface area contributed by atoms with Gasteiger partial charge in [0, 0.05) is 12.3 Å². The molecular weight excluding hydrogens is 382 g/mol. The Hall–Kier alpha value is -2.52. The number of carbonyl (C=O) groups excluding carboxylic acids is 3. The third kappa shape index (κ3) is 4.00. The van der Waals surface area contributed by atoms with E-state index in [-0.39, 0.29) is 30.1 Å². The van der Waals surface area contributed by atoms with Crippen molar-refractivity contribution in [1.82, 2.24) is 15.3 Å². The Bertz CT molecular complexity index is 798. The molecule has 0 aromatic heterocycles. The lowest BCUT2D eigenvalue weighted by Gasteiger charge is -2.50. The fourth-order valence-corrected chi connectivity index (χ4v) is 4.38. The van der Waals surface area contributed by atoms with E-state index in [1.807, 2.05) is 13.0 Å². The van der Waals surface area contributed by atoms with Gasteiger partial charge in [-0.25, -0.2) is 5.06 Å². The van der Waals surface area contributed by atoms with Crippen LogP contribution in [0.1, 0.15) is 20.3 Å². The second kappa shape index (κ2) is 8.66. The van der Waals surface area contributed by atoms with Crippen molar-refractivity contribution < 1.29 is 24.3 Å². The lowest BCUT2D eigenvalue weighted by molar-refractivity contribution is -0.166. The molecule has 8 nitrogen and oxygen atoms in total. The number of nitrogens with one attached hydrogen (secondary N) is 1. The van der Waals surface area contributed by atoms with E-state index >= 15 is 0 Å². The molecule has 2 atom stereocenters. The molecule has 3 rings (SSSR count). The predicted molar refractivity (Wildman–Crippen MR) is 103 cm³/mol. The van der Waals surface area contributed by atoms with Crippen LogP contribution in [0.5, 0.6) is 5.75 Å². The average Bonchev–Trinajstić information content (AvgIpc) is 2.70. The molecule has 3 amide bonds. The Balaban J connectivity index is 1.61. The molecule has 2 aliphatic rings. The first-order valence-electron chi connectivity index (χ1n) is 9.06.